The zero-order chi connectivity index (χ0) is 16.9. The lowest BCUT2D eigenvalue weighted by Gasteiger charge is -2.19. The molecule has 1 amide bonds. The first-order valence-electron chi connectivity index (χ1n) is 6.86. The van der Waals surface area contributed by atoms with E-state index >= 15 is 0 Å². The maximum absolute atomic E-state index is 12.1. The Morgan fingerprint density at radius 3 is 2.05 bits per heavy atom. The van der Waals surface area contributed by atoms with E-state index in [4.69, 9.17) is 14.2 Å². The van der Waals surface area contributed by atoms with Crippen LogP contribution in [0, 0.1) is 5.41 Å². The zero-order valence-electron chi connectivity index (χ0n) is 13.9. The van der Waals surface area contributed by atoms with Crippen molar-refractivity contribution < 1.29 is 23.8 Å². The lowest BCUT2D eigenvalue weighted by atomic mass is 9.92. The number of ether oxygens (including phenoxy) is 3. The molecular weight excluding hydrogens is 286 g/mol. The van der Waals surface area contributed by atoms with Crippen LogP contribution in [0.15, 0.2) is 12.1 Å². The minimum atomic E-state index is -0.563. The smallest absolute Gasteiger partial charge is 0.340 e. The molecule has 0 bridgehead atoms. The fourth-order valence-corrected chi connectivity index (χ4v) is 1.94. The van der Waals surface area contributed by atoms with E-state index in [0.717, 1.165) is 0 Å². The molecule has 1 aromatic carbocycles. The molecule has 1 aromatic rings. The van der Waals surface area contributed by atoms with Gasteiger partial charge in [-0.3, -0.25) is 4.79 Å². The third-order valence-electron chi connectivity index (χ3n) is 2.89. The first-order chi connectivity index (χ1) is 10.2. The fraction of sp³-hybridized carbons (Fsp3) is 0.500. The predicted octanol–water partition coefficient (Wildman–Crippen LogP) is 2.87. The van der Waals surface area contributed by atoms with Gasteiger partial charge in [0.15, 0.2) is 11.5 Å². The summed E-state index contributed by atoms with van der Waals surface area (Å²) in [6.07, 6.45) is 0.321. The van der Waals surface area contributed by atoms with Crippen LogP contribution in [0.4, 0.5) is 5.69 Å². The van der Waals surface area contributed by atoms with Gasteiger partial charge >= 0.3 is 5.97 Å². The number of carbonyl (C=O) groups is 2. The molecule has 0 heterocycles. The molecule has 0 spiro atoms. The number of benzene rings is 1. The monoisotopic (exact) mass is 309 g/mol. The van der Waals surface area contributed by atoms with Crippen LogP contribution >= 0.6 is 0 Å². The molecule has 0 aliphatic heterocycles. The highest BCUT2D eigenvalue weighted by atomic mass is 16.5. The molecule has 0 aliphatic carbocycles. The van der Waals surface area contributed by atoms with E-state index in [1.165, 1.54) is 27.4 Å². The number of amides is 1. The number of esters is 1. The van der Waals surface area contributed by atoms with Crippen LogP contribution in [0.25, 0.3) is 0 Å². The molecule has 6 nitrogen and oxygen atoms in total. The predicted molar refractivity (Wildman–Crippen MR) is 83.6 cm³/mol. The summed E-state index contributed by atoms with van der Waals surface area (Å²) in [5, 5.41) is 2.73. The van der Waals surface area contributed by atoms with Gasteiger partial charge < -0.3 is 19.5 Å². The summed E-state index contributed by atoms with van der Waals surface area (Å²) >= 11 is 0. The Morgan fingerprint density at radius 1 is 1.05 bits per heavy atom. The summed E-state index contributed by atoms with van der Waals surface area (Å²) in [6, 6.07) is 3.03. The summed E-state index contributed by atoms with van der Waals surface area (Å²) in [7, 11) is 4.23. The topological polar surface area (TPSA) is 73.9 Å². The molecule has 0 fully saturated rings. The molecule has 0 atom stereocenters. The Bertz CT molecular complexity index is 560. The highest BCUT2D eigenvalue weighted by Gasteiger charge is 2.21. The molecule has 0 saturated heterocycles. The Balaban J connectivity index is 3.20. The maximum Gasteiger partial charge on any atom is 0.340 e. The van der Waals surface area contributed by atoms with Gasteiger partial charge in [0.05, 0.1) is 32.6 Å². The first-order valence-corrected chi connectivity index (χ1v) is 6.86. The van der Waals surface area contributed by atoms with Gasteiger partial charge in [-0.1, -0.05) is 20.8 Å². The van der Waals surface area contributed by atoms with Crippen LogP contribution in [-0.2, 0) is 9.53 Å². The highest BCUT2D eigenvalue weighted by Crippen LogP contribution is 2.34. The van der Waals surface area contributed by atoms with Crippen LogP contribution in [-0.4, -0.2) is 33.2 Å². The van der Waals surface area contributed by atoms with Crippen molar-refractivity contribution >= 4 is 17.6 Å². The van der Waals surface area contributed by atoms with E-state index in [-0.39, 0.29) is 16.9 Å². The van der Waals surface area contributed by atoms with Crippen LogP contribution in [0.3, 0.4) is 0 Å². The summed E-state index contributed by atoms with van der Waals surface area (Å²) in [6.45, 7) is 5.88. The van der Waals surface area contributed by atoms with Crippen molar-refractivity contribution in [3.8, 4) is 11.5 Å². The molecule has 122 valence electrons. The molecule has 6 heteroatoms. The van der Waals surface area contributed by atoms with Crippen LogP contribution < -0.4 is 14.8 Å². The first kappa shape index (κ1) is 17.8. The van der Waals surface area contributed by atoms with Gasteiger partial charge in [0.2, 0.25) is 5.91 Å². The quantitative estimate of drug-likeness (QED) is 0.847. The maximum atomic E-state index is 12.1. The van der Waals surface area contributed by atoms with E-state index in [1.54, 1.807) is 6.07 Å². The number of nitrogens with one attached hydrogen (secondary N) is 1. The standard InChI is InChI=1S/C16H23NO5/c1-16(2,3)9-14(18)17-11-8-13(21-5)12(20-4)7-10(11)15(19)22-6/h7-8H,9H2,1-6H3,(H,17,18). The largest absolute Gasteiger partial charge is 0.493 e. The third kappa shape index (κ3) is 4.65. The molecule has 1 N–H and O–H groups in total. The number of hydrogen-bond acceptors (Lipinski definition) is 5. The van der Waals surface area contributed by atoms with Gasteiger partial charge in [-0.15, -0.1) is 0 Å². The van der Waals surface area contributed by atoms with Crippen LogP contribution in [0.2, 0.25) is 0 Å². The van der Waals surface area contributed by atoms with Crippen molar-refractivity contribution in [2.75, 3.05) is 26.6 Å². The molecule has 0 radical (unpaired) electrons. The average Bonchev–Trinajstić information content (AvgIpc) is 2.43. The fourth-order valence-electron chi connectivity index (χ4n) is 1.94. The lowest BCUT2D eigenvalue weighted by Crippen LogP contribution is -2.21. The summed E-state index contributed by atoms with van der Waals surface area (Å²) in [5.74, 6) is 0.0508. The number of rotatable bonds is 5. The molecule has 0 aliphatic rings. The van der Waals surface area contributed by atoms with E-state index in [0.29, 0.717) is 23.6 Å². The van der Waals surface area contributed by atoms with Crippen molar-refractivity contribution in [1.29, 1.82) is 0 Å². The van der Waals surface area contributed by atoms with E-state index in [2.05, 4.69) is 5.32 Å². The SMILES string of the molecule is COC(=O)c1cc(OC)c(OC)cc1NC(=O)CC(C)(C)C. The van der Waals surface area contributed by atoms with E-state index in [9.17, 15) is 9.59 Å². The lowest BCUT2D eigenvalue weighted by molar-refractivity contribution is -0.117. The summed E-state index contributed by atoms with van der Waals surface area (Å²) in [5.41, 5.74) is 0.382. The minimum absolute atomic E-state index is 0.161. The second-order valence-electron chi connectivity index (χ2n) is 6.03. The highest BCUT2D eigenvalue weighted by molar-refractivity contribution is 6.02. The Hall–Kier alpha value is -2.24. The molecule has 0 saturated carbocycles. The number of carbonyl (C=O) groups excluding carboxylic acids is 2. The van der Waals surface area contributed by atoms with Crippen molar-refractivity contribution in [3.05, 3.63) is 17.7 Å². The van der Waals surface area contributed by atoms with Gasteiger partial charge in [0, 0.05) is 18.6 Å². The van der Waals surface area contributed by atoms with Gasteiger partial charge in [-0.25, -0.2) is 4.79 Å². The number of methoxy groups -OCH3 is 3. The van der Waals surface area contributed by atoms with Crippen molar-refractivity contribution in [2.45, 2.75) is 27.2 Å². The van der Waals surface area contributed by atoms with E-state index in [1.807, 2.05) is 20.8 Å². The third-order valence-corrected chi connectivity index (χ3v) is 2.89. The van der Waals surface area contributed by atoms with Gasteiger partial charge in [-0.05, 0) is 5.41 Å². The average molecular weight is 309 g/mol. The second-order valence-corrected chi connectivity index (χ2v) is 6.03. The van der Waals surface area contributed by atoms with Gasteiger partial charge in [-0.2, -0.15) is 0 Å². The molecular formula is C16H23NO5. The minimum Gasteiger partial charge on any atom is -0.493 e. The van der Waals surface area contributed by atoms with Gasteiger partial charge in [0.25, 0.3) is 0 Å². The molecule has 22 heavy (non-hydrogen) atoms. The Labute approximate surface area is 130 Å². The second kappa shape index (κ2) is 7.15. The molecule has 0 unspecified atom stereocenters. The van der Waals surface area contributed by atoms with Crippen molar-refractivity contribution in [3.63, 3.8) is 0 Å². The van der Waals surface area contributed by atoms with Crippen molar-refractivity contribution in [1.82, 2.24) is 0 Å². The molecule has 0 aromatic heterocycles. The van der Waals surface area contributed by atoms with Crippen molar-refractivity contribution in [2.24, 2.45) is 5.41 Å². The zero-order valence-corrected chi connectivity index (χ0v) is 13.9. The Kier molecular flexibility index (Phi) is 5.79. The summed E-state index contributed by atoms with van der Waals surface area (Å²) < 4.78 is 15.1. The van der Waals surface area contributed by atoms with Gasteiger partial charge in [0.1, 0.15) is 0 Å². The normalized spacial score (nSPS) is 10.8. The summed E-state index contributed by atoms with van der Waals surface area (Å²) in [4.78, 5) is 24.0. The van der Waals surface area contributed by atoms with Crippen LogP contribution in [0.1, 0.15) is 37.6 Å². The molecule has 1 rings (SSSR count). The number of anilines is 1. The number of hydrogen-bond donors (Lipinski definition) is 1. The Morgan fingerprint density at radius 2 is 1.59 bits per heavy atom. The van der Waals surface area contributed by atoms with Crippen LogP contribution in [0.5, 0.6) is 11.5 Å². The van der Waals surface area contributed by atoms with E-state index < -0.39 is 5.97 Å².